The van der Waals surface area contributed by atoms with E-state index in [1.54, 1.807) is 18.3 Å². The van der Waals surface area contributed by atoms with Gasteiger partial charge in [-0.1, -0.05) is 139 Å². The monoisotopic (exact) mass is 1920 g/mol. The Labute approximate surface area is 833 Å². The minimum Gasteiger partial charge on any atom is -0.325 e. The summed E-state index contributed by atoms with van der Waals surface area (Å²) in [6, 6.07) is 59.1. The molecule has 0 amide bonds. The van der Waals surface area contributed by atoms with E-state index in [1.807, 2.05) is 183 Å². The van der Waals surface area contributed by atoms with Gasteiger partial charge >= 0.3 is 0 Å². The summed E-state index contributed by atoms with van der Waals surface area (Å²) in [6.45, 7) is 14.5. The van der Waals surface area contributed by atoms with Gasteiger partial charge in [-0.15, -0.1) is 0 Å². The van der Waals surface area contributed by atoms with Gasteiger partial charge in [0.05, 0.1) is 75.5 Å². The van der Waals surface area contributed by atoms with Crippen LogP contribution in [0.15, 0.2) is 286 Å². The van der Waals surface area contributed by atoms with Crippen LogP contribution >= 0.6 is 11.6 Å². The first-order valence-corrected chi connectivity index (χ1v) is 47.6. The average molecular weight is 1920 g/mol. The van der Waals surface area contributed by atoms with Crippen LogP contribution in [0.25, 0.3) is 116 Å². The zero-order chi connectivity index (χ0) is 99.7. The van der Waals surface area contributed by atoms with Crippen molar-refractivity contribution in [2.45, 2.75) is 46.0 Å². The molecule has 0 saturated heterocycles. The molecule has 11 aliphatic rings. The SMILES string of the molecule is CC1=CCc2ncc(-c3ccc4c(c3)C(CN)=NCC4=O)cc21.CC1=CCc2ncc(-c3ccc4c(c3)C(CN)=NCC4=O)cc21.NCC1=NCC(=O)c2ccc(-c3cnc4c(c3)C(Cl)=CC4)cc21.NCC1=NCC(=O)c2ccc(-c3cnc4c(c3)C(F)=CC4)cc21.NCC1=NCC(=O)c2ccc(-c3cnc4ccc(-c5ccccc5)cn34)cc21.[C-]#[N+]C1=CCc2ncc(-c3ccc4c(c3)C(CN)=NCC4=O)cc21. The van der Waals surface area contributed by atoms with Crippen LogP contribution in [0, 0.1) is 6.57 Å². The largest absolute Gasteiger partial charge is 0.325 e. The molecule has 0 fully saturated rings. The van der Waals surface area contributed by atoms with E-state index in [-0.39, 0.29) is 86.3 Å². The fourth-order valence-electron chi connectivity index (χ4n) is 19.4. The Kier molecular flexibility index (Phi) is 26.8. The fourth-order valence-corrected chi connectivity index (χ4v) is 19.6. The van der Waals surface area contributed by atoms with E-state index in [9.17, 15) is 33.2 Å². The van der Waals surface area contributed by atoms with Crippen LogP contribution in [0.2, 0.25) is 0 Å². The van der Waals surface area contributed by atoms with E-state index in [1.165, 1.54) is 28.3 Å². The number of fused-ring (bicyclic) bond motifs is 12. The number of nitrogens with two attached hydrogens (primary N) is 6. The minimum atomic E-state index is -0.230. The predicted octanol–water partition coefficient (Wildman–Crippen LogP) is 16.8. The Bertz CT molecular complexity index is 7670. The second-order valence-electron chi connectivity index (χ2n) is 35.8. The number of allylic oxidation sites excluding steroid dienone is 7. The number of ketones is 6. The molecule has 708 valence electrons. The number of aromatic nitrogens is 7. The van der Waals surface area contributed by atoms with Gasteiger partial charge in [-0.05, 0) is 172 Å². The molecule has 0 atom stereocenters. The third kappa shape index (κ3) is 18.7. The van der Waals surface area contributed by atoms with Crippen LogP contribution in [-0.4, -0.2) is 182 Å². The van der Waals surface area contributed by atoms with Crippen LogP contribution in [0.5, 0.6) is 0 Å². The number of Topliss-reactive ketones (excluding diaryl/α,β-unsaturated/α-hetero) is 6. The van der Waals surface area contributed by atoms with Crippen molar-refractivity contribution in [2.24, 2.45) is 64.4 Å². The summed E-state index contributed by atoms with van der Waals surface area (Å²) in [5.41, 5.74) is 76.1. The second-order valence-corrected chi connectivity index (χ2v) is 36.2. The summed E-state index contributed by atoms with van der Waals surface area (Å²) in [7, 11) is 0. The molecule has 28 heteroatoms. The highest BCUT2D eigenvalue weighted by atomic mass is 35.5. The first-order chi connectivity index (χ1) is 70.1. The topological polar surface area (TPSA) is 419 Å². The number of halogens is 2. The number of carbonyl (C=O) groups excluding carboxylic acids is 6. The molecule has 0 saturated carbocycles. The fraction of sp³-hybridized carbons (Fsp3) is 0.164. The van der Waals surface area contributed by atoms with Crippen LogP contribution in [0.1, 0.15) is 166 Å². The molecular weight excluding hydrogens is 1820 g/mol. The lowest BCUT2D eigenvalue weighted by Crippen LogP contribution is -2.25. The molecule has 5 aliphatic carbocycles. The molecule has 0 radical (unpaired) electrons. The van der Waals surface area contributed by atoms with Crippen molar-refractivity contribution in [2.75, 3.05) is 78.5 Å². The van der Waals surface area contributed by atoms with Gasteiger partial charge in [-0.3, -0.25) is 88.0 Å². The molecule has 0 spiro atoms. The molecule has 12 N–H and O–H groups in total. The number of pyridine rings is 6. The Hall–Kier alpha value is -16.8. The van der Waals surface area contributed by atoms with Crippen molar-refractivity contribution < 1.29 is 33.2 Å². The quantitative estimate of drug-likeness (QED) is 0.0584. The maximum absolute atomic E-state index is 13.8. The van der Waals surface area contributed by atoms with E-state index in [0.29, 0.717) is 79.1 Å². The van der Waals surface area contributed by atoms with Gasteiger partial charge < -0.3 is 34.4 Å². The lowest BCUT2D eigenvalue weighted by Gasteiger charge is -2.16. The van der Waals surface area contributed by atoms with Gasteiger partial charge in [-0.2, -0.15) is 0 Å². The van der Waals surface area contributed by atoms with E-state index < -0.39 is 0 Å². The van der Waals surface area contributed by atoms with Crippen LogP contribution in [0.4, 0.5) is 4.39 Å². The number of rotatable bonds is 13. The Balaban J connectivity index is 0.000000106. The zero-order valence-electron chi connectivity index (χ0n) is 78.7. The van der Waals surface area contributed by atoms with Crippen LogP contribution in [0.3, 0.4) is 0 Å². The maximum Gasteiger partial charge on any atom is 0.192 e. The highest BCUT2D eigenvalue weighted by Gasteiger charge is 2.31. The number of hydrogen-bond donors (Lipinski definition) is 6. The first-order valence-electron chi connectivity index (χ1n) is 47.2. The summed E-state index contributed by atoms with van der Waals surface area (Å²) in [5, 5.41) is 0.742. The van der Waals surface area contributed by atoms with E-state index in [0.717, 1.165) is 226 Å². The summed E-state index contributed by atoms with van der Waals surface area (Å²) in [4.78, 5) is 129. The number of imidazole rings is 1. The maximum atomic E-state index is 13.8. The molecule has 13 heterocycles. The lowest BCUT2D eigenvalue weighted by molar-refractivity contribution is 0.0992. The van der Waals surface area contributed by atoms with Gasteiger partial charge in [0.2, 0.25) is 0 Å². The molecule has 0 bridgehead atoms. The molecule has 14 aromatic rings. The standard InChI is InChI=1S/C23H18N4O.C19H14N4O.2C19H17N3O.C18H14ClN3O.C18H14FN3O/c24-11-20-19-10-16(6-8-18(19)22(28)13-25-20)21-12-26-23-9-7-17(14-27(21)23)15-4-2-1-3-5-15;1-21-16-4-5-17-15(16)7-12(9-22-17)11-2-3-13-14(6-11)18(8-20)23-10-19(13)24;2*1-11-2-5-17-15(11)7-13(9-21-17)12-3-4-14-16(6-12)18(8-20)22-10-19(14)23;2*19-15-3-4-16-14(15)6-11(8-21-16)10-1-2-12-13(5-10)17(7-20)22-9-18(12)23/h1-10,12,14H,11,13,24H2;2-4,6-7,9H,5,8,10,20H2;2*2-4,6-7,9H,5,8,10,20H2,1H3;2*1-3,5-6,8H,4,7,9,20H2. The third-order valence-corrected chi connectivity index (χ3v) is 27.6. The zero-order valence-corrected chi connectivity index (χ0v) is 79.5. The smallest absolute Gasteiger partial charge is 0.192 e. The Morgan fingerprint density at radius 1 is 0.299 bits per heavy atom. The van der Waals surface area contributed by atoms with Crippen molar-refractivity contribution in [3.63, 3.8) is 0 Å². The van der Waals surface area contributed by atoms with Crippen molar-refractivity contribution in [1.29, 1.82) is 0 Å². The highest BCUT2D eigenvalue weighted by Crippen LogP contribution is 2.41. The number of hydrogen-bond acceptors (Lipinski definition) is 24. The minimum absolute atomic E-state index is 0.00944. The molecule has 7 aromatic heterocycles. The summed E-state index contributed by atoms with van der Waals surface area (Å²) >= 11 is 6.22. The highest BCUT2D eigenvalue weighted by molar-refractivity contribution is 6.49. The summed E-state index contributed by atoms with van der Waals surface area (Å²) < 4.78 is 15.9. The van der Waals surface area contributed by atoms with Gasteiger partial charge in [0.15, 0.2) is 40.4 Å². The molecule has 6 aliphatic heterocycles. The van der Waals surface area contributed by atoms with Gasteiger partial charge in [0.25, 0.3) is 0 Å². The van der Waals surface area contributed by atoms with Gasteiger partial charge in [0.1, 0.15) is 50.7 Å². The number of benzene rings is 7. The average Bonchev–Trinajstić information content (AvgIpc) is 1.50. The molecular formula is C116H94ClFN20O6. The van der Waals surface area contributed by atoms with E-state index in [4.69, 9.17) is 52.6 Å². The molecule has 25 rings (SSSR count). The van der Waals surface area contributed by atoms with Gasteiger partial charge in [-0.25, -0.2) is 14.2 Å². The Morgan fingerprint density at radius 2 is 0.590 bits per heavy atom. The Morgan fingerprint density at radius 3 is 0.958 bits per heavy atom. The van der Waals surface area contributed by atoms with Crippen molar-refractivity contribution >= 4 is 114 Å². The molecule has 0 unspecified atom stereocenters. The van der Waals surface area contributed by atoms with E-state index >= 15 is 0 Å². The van der Waals surface area contributed by atoms with Crippen molar-refractivity contribution in [3.05, 3.63) is 390 Å². The number of aliphatic imine (C=N–C) groups is 6. The van der Waals surface area contributed by atoms with Crippen LogP contribution < -0.4 is 34.4 Å². The lowest BCUT2D eigenvalue weighted by atomic mass is 9.92. The second kappa shape index (κ2) is 40.8. The first kappa shape index (κ1) is 94.8. The summed E-state index contributed by atoms with van der Waals surface area (Å²) in [6.07, 6.45) is 26.8. The molecule has 26 nitrogen and oxygen atoms in total. The summed E-state index contributed by atoms with van der Waals surface area (Å²) in [5.74, 6) is -0.0650. The predicted molar refractivity (Wildman–Crippen MR) is 566 cm³/mol. The van der Waals surface area contributed by atoms with Crippen LogP contribution in [-0.2, 0) is 32.1 Å². The third-order valence-electron chi connectivity index (χ3n) is 27.3. The van der Waals surface area contributed by atoms with Gasteiger partial charge in [0, 0.05) is 224 Å². The number of carbonyl (C=O) groups is 6. The normalized spacial score (nSPS) is 15.3. The van der Waals surface area contributed by atoms with E-state index in [2.05, 4.69) is 132 Å². The van der Waals surface area contributed by atoms with Crippen molar-refractivity contribution in [1.82, 2.24) is 34.3 Å². The molecule has 7 aromatic carbocycles. The van der Waals surface area contributed by atoms with Crippen molar-refractivity contribution in [3.8, 4) is 78.0 Å². The number of nitrogens with zero attached hydrogens (tertiary/aromatic N) is 14. The molecule has 144 heavy (non-hydrogen) atoms.